The maximum absolute atomic E-state index is 10.3. The quantitative estimate of drug-likeness (QED) is 0.471. The van der Waals surface area contributed by atoms with Crippen molar-refractivity contribution in [2.75, 3.05) is 0 Å². The van der Waals surface area contributed by atoms with Crippen LogP contribution < -0.4 is 0 Å². The first-order valence-electron chi connectivity index (χ1n) is 1.06. The van der Waals surface area contributed by atoms with Crippen LogP contribution in [0.1, 0.15) is 0 Å². The molecule has 0 aromatic heterocycles. The molecule has 0 radical (unpaired) electrons. The number of hydrogen-bond donors (Lipinski definition) is 1. The minimum absolute atomic E-state index is 0. The van der Waals surface area contributed by atoms with E-state index in [4.69, 9.17) is 10.7 Å². The summed E-state index contributed by atoms with van der Waals surface area (Å²) in [5.74, 6) is -3.01. The van der Waals surface area contributed by atoms with Gasteiger partial charge in [-0.1, -0.05) is 12.2 Å². The fourth-order valence-corrected chi connectivity index (χ4v) is 0.862. The zero-order chi connectivity index (χ0) is 5.91. The van der Waals surface area contributed by atoms with Crippen LogP contribution >= 0.6 is 51.2 Å². The molecular weight excluding hydrogens is 263 g/mol. The predicted octanol–water partition coefficient (Wildman–Crippen LogP) is 3.08. The van der Waals surface area contributed by atoms with E-state index >= 15 is 0 Å². The second-order valence-corrected chi connectivity index (χ2v) is 7.72. The topological polar surface area (TPSA) is 26.3 Å². The van der Waals surface area contributed by atoms with E-state index < -0.39 is 5.77 Å². The van der Waals surface area contributed by atoms with E-state index in [1.54, 1.807) is 0 Å². The van der Waals surface area contributed by atoms with E-state index in [1.807, 2.05) is 0 Å². The van der Waals surface area contributed by atoms with E-state index in [1.165, 1.54) is 0 Å². The Labute approximate surface area is 78.8 Å². The molecule has 1 atom stereocenters. The van der Waals surface area contributed by atoms with E-state index in [-0.39, 0.29) is 19.5 Å². The molecule has 8 heavy (non-hydrogen) atoms. The Kier molecular flexibility index (Phi) is 9.31. The summed E-state index contributed by atoms with van der Waals surface area (Å²) in [6.45, 7) is 0. The summed E-state index contributed by atoms with van der Waals surface area (Å²) < 4.78 is 14.1. The van der Waals surface area contributed by atoms with E-state index in [0.29, 0.717) is 10.6 Å². The molecule has 0 rings (SSSR count). The van der Waals surface area contributed by atoms with Gasteiger partial charge in [0, 0.05) is 30.1 Å². The summed E-state index contributed by atoms with van der Waals surface area (Å²) in [4.78, 5) is 0. The third-order valence-corrected chi connectivity index (χ3v) is 5.87. The van der Waals surface area contributed by atoms with Crippen LogP contribution in [0, 0.1) is 0 Å². The fraction of sp³-hybridized carbons (Fsp3) is 0. The standard InChI is InChI=1S/Cl2HO2PS2.Zn/c1-4-5(3,6)7-2;/h(H,3,6);. The van der Waals surface area contributed by atoms with Crippen molar-refractivity contribution in [2.24, 2.45) is 0 Å². The molecule has 0 heterocycles. The van der Waals surface area contributed by atoms with Crippen LogP contribution in [0.3, 0.4) is 0 Å². The third kappa shape index (κ3) is 6.22. The molecule has 0 saturated carbocycles. The second-order valence-electron chi connectivity index (χ2n) is 0.607. The van der Waals surface area contributed by atoms with Gasteiger partial charge in [-0.25, -0.2) is 4.08 Å². The maximum atomic E-state index is 10.3. The second kappa shape index (κ2) is 5.85. The monoisotopic (exact) mass is 262 g/mol. The number of halogens is 2. The molecule has 0 bridgehead atoms. The largest absolute Gasteiger partial charge is 0.341 e. The Balaban J connectivity index is 0. The fourth-order valence-electron chi connectivity index (χ4n) is 0.0106. The van der Waals surface area contributed by atoms with Crippen molar-refractivity contribution < 1.29 is 28.1 Å². The Bertz CT molecular complexity index is 90.0. The molecule has 1 unspecified atom stereocenters. The van der Waals surface area contributed by atoms with E-state index in [9.17, 15) is 4.57 Å². The molecule has 0 saturated heterocycles. The summed E-state index contributed by atoms with van der Waals surface area (Å²) >= 11 is 8.07. The first kappa shape index (κ1) is 12.7. The van der Waals surface area contributed by atoms with E-state index in [0.717, 1.165) is 0 Å². The maximum Gasteiger partial charge on any atom is 0.341 e. The van der Waals surface area contributed by atoms with Crippen LogP contribution in [0.5, 0.6) is 0 Å². The van der Waals surface area contributed by atoms with Gasteiger partial charge in [0.15, 0.2) is 0 Å². The average molecular weight is 264 g/mol. The Morgan fingerprint density at radius 2 is 2.12 bits per heavy atom. The molecule has 0 fully saturated rings. The SMILES string of the molecule is O=P(S)(OCl)SCl.[Zn]. The molecule has 0 aromatic carbocycles. The zero-order valence-corrected chi connectivity index (χ0v) is 10.7. The van der Waals surface area contributed by atoms with Gasteiger partial charge in [0.05, 0.1) is 11.9 Å². The van der Waals surface area contributed by atoms with Crippen LogP contribution in [0.2, 0.25) is 0 Å². The Morgan fingerprint density at radius 1 is 1.75 bits per heavy atom. The van der Waals surface area contributed by atoms with Crippen LogP contribution in [-0.4, -0.2) is 0 Å². The molecule has 0 aliphatic rings. The third-order valence-electron chi connectivity index (χ3n) is 0.174. The number of hydrogen-bond acceptors (Lipinski definition) is 3. The van der Waals surface area contributed by atoms with Crippen molar-refractivity contribution in [2.45, 2.75) is 0 Å². The molecule has 0 amide bonds. The minimum atomic E-state index is -3.01. The molecule has 46 valence electrons. The summed E-state index contributed by atoms with van der Waals surface area (Å²) in [6, 6.07) is 0. The minimum Gasteiger partial charge on any atom is -0.266 e. The molecule has 2 nitrogen and oxygen atoms in total. The number of thiol groups is 1. The van der Waals surface area contributed by atoms with Crippen LogP contribution in [0.4, 0.5) is 0 Å². The van der Waals surface area contributed by atoms with Gasteiger partial charge in [-0.3, -0.25) is 4.57 Å². The summed E-state index contributed by atoms with van der Waals surface area (Å²) in [5, 5.41) is 0. The Morgan fingerprint density at radius 3 is 2.12 bits per heavy atom. The molecule has 0 aromatic rings. The first-order valence-corrected chi connectivity index (χ1v) is 6.39. The summed E-state index contributed by atoms with van der Waals surface area (Å²) in [7, 11) is 5.43. The normalized spacial score (nSPS) is 16.4. The van der Waals surface area contributed by atoms with Crippen molar-refractivity contribution >= 4 is 51.2 Å². The van der Waals surface area contributed by atoms with Crippen LogP contribution in [0.25, 0.3) is 0 Å². The molecule has 0 spiro atoms. The van der Waals surface area contributed by atoms with Crippen LogP contribution in [-0.2, 0) is 28.1 Å². The van der Waals surface area contributed by atoms with Gasteiger partial charge >= 0.3 is 5.77 Å². The number of rotatable bonds is 2. The smallest absolute Gasteiger partial charge is 0.266 e. The van der Waals surface area contributed by atoms with Crippen molar-refractivity contribution in [3.63, 3.8) is 0 Å². The van der Waals surface area contributed by atoms with Gasteiger partial charge in [-0.15, -0.1) is 0 Å². The van der Waals surface area contributed by atoms with Crippen molar-refractivity contribution in [3.8, 4) is 0 Å². The summed E-state index contributed by atoms with van der Waals surface area (Å²) in [5.41, 5.74) is 0. The van der Waals surface area contributed by atoms with E-state index in [2.05, 4.69) is 28.2 Å². The van der Waals surface area contributed by atoms with Gasteiger partial charge < -0.3 is 0 Å². The molecule has 0 N–H and O–H groups in total. The van der Waals surface area contributed by atoms with Crippen LogP contribution in [0.15, 0.2) is 0 Å². The predicted molar refractivity (Wildman–Crippen MR) is 37.0 cm³/mol. The molecule has 0 aliphatic carbocycles. The molecular formula is HCl2O2PS2Zn. The Hall–Kier alpha value is 2.09. The average Bonchev–Trinajstić information content (AvgIpc) is 1.68. The zero-order valence-electron chi connectivity index (χ0n) is 3.58. The van der Waals surface area contributed by atoms with Crippen molar-refractivity contribution in [1.29, 1.82) is 0 Å². The summed E-state index contributed by atoms with van der Waals surface area (Å²) in [6.07, 6.45) is 0. The van der Waals surface area contributed by atoms with Gasteiger partial charge in [0.1, 0.15) is 0 Å². The first-order chi connectivity index (χ1) is 3.12. The van der Waals surface area contributed by atoms with Crippen molar-refractivity contribution in [3.05, 3.63) is 0 Å². The molecule has 8 heteroatoms. The van der Waals surface area contributed by atoms with Gasteiger partial charge in [0.2, 0.25) is 0 Å². The van der Waals surface area contributed by atoms with Crippen molar-refractivity contribution in [1.82, 2.24) is 0 Å². The van der Waals surface area contributed by atoms with Gasteiger partial charge in [-0.05, 0) is 10.7 Å². The van der Waals surface area contributed by atoms with Gasteiger partial charge in [-0.2, -0.15) is 0 Å². The van der Waals surface area contributed by atoms with Gasteiger partial charge in [0.25, 0.3) is 0 Å². The molecule has 0 aliphatic heterocycles.